The van der Waals surface area contributed by atoms with Crippen LogP contribution in [-0.4, -0.2) is 32.7 Å². The van der Waals surface area contributed by atoms with Crippen molar-refractivity contribution in [3.8, 4) is 5.75 Å². The van der Waals surface area contributed by atoms with Gasteiger partial charge in [0.1, 0.15) is 11.3 Å². The maximum absolute atomic E-state index is 11.8. The Morgan fingerprint density at radius 2 is 1.88 bits per heavy atom. The summed E-state index contributed by atoms with van der Waals surface area (Å²) in [5.74, 6) is 0.386. The molecule has 0 spiro atoms. The number of hydrogen-bond donors (Lipinski definition) is 2. The minimum absolute atomic E-state index is 0.359. The number of ether oxygens (including phenoxy) is 2. The minimum Gasteiger partial charge on any atom is -0.496 e. The van der Waals surface area contributed by atoms with Crippen molar-refractivity contribution < 1.29 is 14.3 Å². The summed E-state index contributed by atoms with van der Waals surface area (Å²) in [5.41, 5.74) is 8.34. The zero-order valence-electron chi connectivity index (χ0n) is 14.5. The second kappa shape index (κ2) is 9.32. The van der Waals surface area contributed by atoms with Crippen LogP contribution in [0.15, 0.2) is 53.5 Å². The van der Waals surface area contributed by atoms with Gasteiger partial charge in [0.15, 0.2) is 5.96 Å². The third-order valence-corrected chi connectivity index (χ3v) is 3.66. The molecule has 0 radical (unpaired) electrons. The SMILES string of the molecule is COC(=O)c1cc(CN=C(N)NCCc2ccccc2)ccc1OC. The fraction of sp³-hybridized carbons (Fsp3) is 0.263. The number of nitrogens with two attached hydrogens (primary N) is 1. The molecule has 0 saturated carbocycles. The largest absolute Gasteiger partial charge is 0.496 e. The minimum atomic E-state index is -0.448. The lowest BCUT2D eigenvalue weighted by molar-refractivity contribution is 0.0597. The number of nitrogens with one attached hydrogen (secondary N) is 1. The van der Waals surface area contributed by atoms with Crippen molar-refractivity contribution in [3.63, 3.8) is 0 Å². The lowest BCUT2D eigenvalue weighted by Crippen LogP contribution is -2.33. The molecule has 132 valence electrons. The number of methoxy groups -OCH3 is 2. The molecular formula is C19H23N3O3. The molecule has 0 amide bonds. The molecule has 3 N–H and O–H groups in total. The predicted octanol–water partition coefficient (Wildman–Crippen LogP) is 2.13. The number of aliphatic imine (C=N–C) groups is 1. The summed E-state index contributed by atoms with van der Waals surface area (Å²) in [4.78, 5) is 16.1. The zero-order chi connectivity index (χ0) is 18.1. The van der Waals surface area contributed by atoms with Gasteiger partial charge in [-0.25, -0.2) is 9.79 Å². The van der Waals surface area contributed by atoms with E-state index in [0.717, 1.165) is 12.0 Å². The van der Waals surface area contributed by atoms with Crippen LogP contribution in [0.2, 0.25) is 0 Å². The van der Waals surface area contributed by atoms with Gasteiger partial charge in [-0.15, -0.1) is 0 Å². The van der Waals surface area contributed by atoms with Crippen LogP contribution in [0, 0.1) is 0 Å². The Bertz CT molecular complexity index is 730. The number of hydrogen-bond acceptors (Lipinski definition) is 4. The number of nitrogens with zero attached hydrogens (tertiary/aromatic N) is 1. The summed E-state index contributed by atoms with van der Waals surface area (Å²) in [6, 6.07) is 15.4. The molecule has 6 heteroatoms. The van der Waals surface area contributed by atoms with Crippen LogP contribution in [-0.2, 0) is 17.7 Å². The van der Waals surface area contributed by atoms with Gasteiger partial charge in [0, 0.05) is 6.54 Å². The van der Waals surface area contributed by atoms with E-state index in [2.05, 4.69) is 22.4 Å². The van der Waals surface area contributed by atoms with Crippen LogP contribution < -0.4 is 15.8 Å². The normalized spacial score (nSPS) is 11.0. The summed E-state index contributed by atoms with van der Waals surface area (Å²) in [6.45, 7) is 1.06. The molecular weight excluding hydrogens is 318 g/mol. The van der Waals surface area contributed by atoms with E-state index < -0.39 is 5.97 Å². The van der Waals surface area contributed by atoms with Crippen LogP contribution in [0.4, 0.5) is 0 Å². The molecule has 0 aliphatic rings. The first-order valence-electron chi connectivity index (χ1n) is 7.97. The first kappa shape index (κ1) is 18.3. The van der Waals surface area contributed by atoms with Gasteiger partial charge < -0.3 is 20.5 Å². The van der Waals surface area contributed by atoms with Crippen molar-refractivity contribution in [2.24, 2.45) is 10.7 Å². The lowest BCUT2D eigenvalue weighted by atomic mass is 10.1. The third-order valence-electron chi connectivity index (χ3n) is 3.66. The van der Waals surface area contributed by atoms with Gasteiger partial charge in [0.05, 0.1) is 20.8 Å². The second-order valence-corrected chi connectivity index (χ2v) is 5.39. The second-order valence-electron chi connectivity index (χ2n) is 5.39. The Morgan fingerprint density at radius 1 is 1.12 bits per heavy atom. The average Bonchev–Trinajstić information content (AvgIpc) is 2.66. The number of rotatable bonds is 7. The van der Waals surface area contributed by atoms with Crippen molar-refractivity contribution in [2.75, 3.05) is 20.8 Å². The summed E-state index contributed by atoms with van der Waals surface area (Å²) >= 11 is 0. The predicted molar refractivity (Wildman–Crippen MR) is 97.8 cm³/mol. The molecule has 2 rings (SSSR count). The van der Waals surface area contributed by atoms with Crippen molar-refractivity contribution in [2.45, 2.75) is 13.0 Å². The fourth-order valence-electron chi connectivity index (χ4n) is 2.33. The lowest BCUT2D eigenvalue weighted by Gasteiger charge is -2.09. The fourth-order valence-corrected chi connectivity index (χ4v) is 2.33. The molecule has 0 aliphatic carbocycles. The number of carbonyl (C=O) groups excluding carboxylic acids is 1. The van der Waals surface area contributed by atoms with Gasteiger partial charge in [0.2, 0.25) is 0 Å². The van der Waals surface area contributed by atoms with Gasteiger partial charge in [-0.1, -0.05) is 36.4 Å². The van der Waals surface area contributed by atoms with Gasteiger partial charge in [-0.2, -0.15) is 0 Å². The van der Waals surface area contributed by atoms with Crippen LogP contribution in [0.25, 0.3) is 0 Å². The summed E-state index contributed by atoms with van der Waals surface area (Å²) in [5, 5.41) is 3.08. The highest BCUT2D eigenvalue weighted by molar-refractivity contribution is 5.92. The summed E-state index contributed by atoms with van der Waals surface area (Å²) in [7, 11) is 2.84. The van der Waals surface area contributed by atoms with Crippen LogP contribution >= 0.6 is 0 Å². The molecule has 6 nitrogen and oxygen atoms in total. The Hall–Kier alpha value is -3.02. The number of guanidine groups is 1. The van der Waals surface area contributed by atoms with E-state index in [9.17, 15) is 4.79 Å². The van der Waals surface area contributed by atoms with E-state index in [1.54, 1.807) is 12.1 Å². The van der Waals surface area contributed by atoms with E-state index in [4.69, 9.17) is 15.2 Å². The maximum atomic E-state index is 11.8. The Labute approximate surface area is 147 Å². The Morgan fingerprint density at radius 3 is 2.56 bits per heavy atom. The smallest absolute Gasteiger partial charge is 0.341 e. The van der Waals surface area contributed by atoms with Crippen LogP contribution in [0.3, 0.4) is 0 Å². The van der Waals surface area contributed by atoms with Gasteiger partial charge >= 0.3 is 5.97 Å². The van der Waals surface area contributed by atoms with Gasteiger partial charge in [-0.3, -0.25) is 0 Å². The van der Waals surface area contributed by atoms with Gasteiger partial charge in [-0.05, 0) is 29.7 Å². The summed E-state index contributed by atoms with van der Waals surface area (Å²) in [6.07, 6.45) is 0.867. The van der Waals surface area contributed by atoms with Crippen molar-refractivity contribution in [1.82, 2.24) is 5.32 Å². The van der Waals surface area contributed by atoms with E-state index in [0.29, 0.717) is 30.4 Å². The molecule has 2 aromatic carbocycles. The molecule has 0 bridgehead atoms. The standard InChI is InChI=1S/C19H23N3O3/c1-24-17-9-8-15(12-16(17)18(23)25-2)13-22-19(20)21-11-10-14-6-4-3-5-7-14/h3-9,12H,10-11,13H2,1-2H3,(H3,20,21,22). The maximum Gasteiger partial charge on any atom is 0.341 e. The Balaban J connectivity index is 1.92. The van der Waals surface area contributed by atoms with Crippen LogP contribution in [0.1, 0.15) is 21.5 Å². The monoisotopic (exact) mass is 341 g/mol. The van der Waals surface area contributed by atoms with Crippen molar-refractivity contribution in [3.05, 3.63) is 65.2 Å². The molecule has 0 aromatic heterocycles. The van der Waals surface area contributed by atoms with Crippen LogP contribution in [0.5, 0.6) is 5.75 Å². The quantitative estimate of drug-likeness (QED) is 0.458. The molecule has 0 saturated heterocycles. The number of esters is 1. The van der Waals surface area contributed by atoms with E-state index in [1.807, 2.05) is 24.3 Å². The Kier molecular flexibility index (Phi) is 6.83. The van der Waals surface area contributed by atoms with E-state index in [1.165, 1.54) is 19.8 Å². The molecule has 0 aliphatic heterocycles. The first-order valence-corrected chi connectivity index (χ1v) is 7.97. The van der Waals surface area contributed by atoms with E-state index in [-0.39, 0.29) is 0 Å². The van der Waals surface area contributed by atoms with Gasteiger partial charge in [0.25, 0.3) is 0 Å². The highest BCUT2D eigenvalue weighted by Gasteiger charge is 2.13. The number of benzene rings is 2. The highest BCUT2D eigenvalue weighted by atomic mass is 16.5. The molecule has 0 atom stereocenters. The summed E-state index contributed by atoms with van der Waals surface area (Å²) < 4.78 is 9.93. The molecule has 2 aromatic rings. The molecule has 0 unspecified atom stereocenters. The molecule has 0 heterocycles. The zero-order valence-corrected chi connectivity index (χ0v) is 14.5. The van der Waals surface area contributed by atoms with E-state index >= 15 is 0 Å². The third kappa shape index (κ3) is 5.53. The first-order chi connectivity index (χ1) is 12.1. The molecule has 25 heavy (non-hydrogen) atoms. The topological polar surface area (TPSA) is 85.9 Å². The molecule has 0 fully saturated rings. The average molecular weight is 341 g/mol. The number of carbonyl (C=O) groups is 1. The van der Waals surface area contributed by atoms with Crippen molar-refractivity contribution >= 4 is 11.9 Å². The van der Waals surface area contributed by atoms with Crippen molar-refractivity contribution in [1.29, 1.82) is 0 Å². The highest BCUT2D eigenvalue weighted by Crippen LogP contribution is 2.21.